The molecule has 0 aliphatic rings. The van der Waals surface area contributed by atoms with Gasteiger partial charge in [0.15, 0.2) is 0 Å². The van der Waals surface area contributed by atoms with Gasteiger partial charge in [-0.3, -0.25) is 0 Å². The lowest BCUT2D eigenvalue weighted by Crippen LogP contribution is -1.88. The molecule has 0 aliphatic carbocycles. The highest BCUT2D eigenvalue weighted by Crippen LogP contribution is 2.24. The van der Waals surface area contributed by atoms with Crippen LogP contribution in [0.1, 0.15) is 0 Å². The summed E-state index contributed by atoms with van der Waals surface area (Å²) in [6.45, 7) is 0. The summed E-state index contributed by atoms with van der Waals surface area (Å²) in [5, 5.41) is 0. The summed E-state index contributed by atoms with van der Waals surface area (Å²) in [6, 6.07) is 13.4. The Morgan fingerprint density at radius 2 is 1.64 bits per heavy atom. The van der Waals surface area contributed by atoms with E-state index in [1.54, 1.807) is 30.3 Å². The Bertz CT molecular complexity index is 415. The first-order valence-corrected chi connectivity index (χ1v) is 4.20. The van der Waals surface area contributed by atoms with Gasteiger partial charge in [-0.1, -0.05) is 30.3 Å². The van der Waals surface area contributed by atoms with Crippen LogP contribution in [0, 0.1) is 17.7 Å². The summed E-state index contributed by atoms with van der Waals surface area (Å²) < 4.78 is 26.5. The van der Waals surface area contributed by atoms with Crippen molar-refractivity contribution in [2.75, 3.05) is 0 Å². The van der Waals surface area contributed by atoms with Crippen molar-refractivity contribution in [3.05, 3.63) is 60.2 Å². The van der Waals surface area contributed by atoms with Crippen molar-refractivity contribution in [2.45, 2.75) is 0 Å². The lowest BCUT2D eigenvalue weighted by molar-refractivity contribution is 0.588. The third kappa shape index (κ3) is 1.51. The standard InChI is InChI=1S/C12H7F2/c13-10-7-4-8-11(14)12(10)9-5-2-1-3-6-9/h1-7H. The van der Waals surface area contributed by atoms with E-state index >= 15 is 0 Å². The number of halogens is 2. The molecular formula is C12H7F2. The van der Waals surface area contributed by atoms with Crippen LogP contribution in [0.15, 0.2) is 42.5 Å². The normalized spacial score (nSPS) is 10.1. The zero-order valence-corrected chi connectivity index (χ0v) is 7.30. The van der Waals surface area contributed by atoms with Crippen LogP contribution in [0.25, 0.3) is 11.1 Å². The molecule has 0 unspecified atom stereocenters. The average Bonchev–Trinajstić information content (AvgIpc) is 2.19. The van der Waals surface area contributed by atoms with Gasteiger partial charge in [0.1, 0.15) is 11.6 Å². The highest BCUT2D eigenvalue weighted by atomic mass is 19.1. The minimum absolute atomic E-state index is 0.0203. The first-order chi connectivity index (χ1) is 6.79. The van der Waals surface area contributed by atoms with Crippen LogP contribution in [0.4, 0.5) is 8.78 Å². The van der Waals surface area contributed by atoms with Crippen LogP contribution in [0.5, 0.6) is 0 Å². The Kier molecular flexibility index (Phi) is 2.27. The van der Waals surface area contributed by atoms with E-state index in [0.717, 1.165) is 0 Å². The largest absolute Gasteiger partial charge is 0.206 e. The van der Waals surface area contributed by atoms with Gasteiger partial charge in [-0.05, 0) is 17.7 Å². The van der Waals surface area contributed by atoms with Gasteiger partial charge in [0, 0.05) is 6.07 Å². The van der Waals surface area contributed by atoms with Gasteiger partial charge in [-0.15, -0.1) is 0 Å². The fraction of sp³-hybridized carbons (Fsp3) is 0. The lowest BCUT2D eigenvalue weighted by Gasteiger charge is -2.03. The molecule has 0 spiro atoms. The second-order valence-electron chi connectivity index (χ2n) is 2.88. The lowest BCUT2D eigenvalue weighted by atomic mass is 10.0. The fourth-order valence-electron chi connectivity index (χ4n) is 1.32. The van der Waals surface area contributed by atoms with Crippen molar-refractivity contribution in [1.82, 2.24) is 0 Å². The number of hydrogen-bond donors (Lipinski definition) is 0. The summed E-state index contributed by atoms with van der Waals surface area (Å²) in [4.78, 5) is 0. The van der Waals surface area contributed by atoms with Gasteiger partial charge in [-0.25, -0.2) is 8.78 Å². The first kappa shape index (κ1) is 8.88. The van der Waals surface area contributed by atoms with E-state index in [2.05, 4.69) is 6.07 Å². The Morgan fingerprint density at radius 3 is 2.29 bits per heavy atom. The van der Waals surface area contributed by atoms with Crippen molar-refractivity contribution in [2.24, 2.45) is 0 Å². The molecule has 0 saturated heterocycles. The molecule has 0 saturated carbocycles. The highest BCUT2D eigenvalue weighted by Gasteiger charge is 2.09. The molecule has 0 amide bonds. The second kappa shape index (κ2) is 3.58. The van der Waals surface area contributed by atoms with Crippen LogP contribution in [0.3, 0.4) is 0 Å². The van der Waals surface area contributed by atoms with Gasteiger partial charge in [0.05, 0.1) is 5.56 Å². The van der Waals surface area contributed by atoms with E-state index in [9.17, 15) is 8.78 Å². The van der Waals surface area contributed by atoms with Gasteiger partial charge in [-0.2, -0.15) is 0 Å². The van der Waals surface area contributed by atoms with E-state index < -0.39 is 11.6 Å². The average molecular weight is 189 g/mol. The molecule has 0 bridgehead atoms. The van der Waals surface area contributed by atoms with Crippen molar-refractivity contribution in [3.8, 4) is 11.1 Å². The van der Waals surface area contributed by atoms with E-state index in [4.69, 9.17) is 0 Å². The van der Waals surface area contributed by atoms with Crippen LogP contribution >= 0.6 is 0 Å². The summed E-state index contributed by atoms with van der Waals surface area (Å²) in [7, 11) is 0. The maximum Gasteiger partial charge on any atom is 0.141 e. The molecule has 2 heteroatoms. The minimum Gasteiger partial charge on any atom is -0.206 e. The van der Waals surface area contributed by atoms with Gasteiger partial charge < -0.3 is 0 Å². The molecule has 2 aromatic carbocycles. The molecule has 2 aromatic rings. The Hall–Kier alpha value is -1.70. The van der Waals surface area contributed by atoms with Crippen molar-refractivity contribution in [3.63, 3.8) is 0 Å². The number of rotatable bonds is 1. The molecular weight excluding hydrogens is 182 g/mol. The fourth-order valence-corrected chi connectivity index (χ4v) is 1.32. The molecule has 0 aromatic heterocycles. The Balaban J connectivity index is 2.63. The Labute approximate surface area is 80.8 Å². The molecule has 0 N–H and O–H groups in total. The molecule has 0 atom stereocenters. The summed E-state index contributed by atoms with van der Waals surface area (Å²) in [6.07, 6.45) is 0. The molecule has 0 nitrogen and oxygen atoms in total. The second-order valence-corrected chi connectivity index (χ2v) is 2.88. The Morgan fingerprint density at radius 1 is 0.929 bits per heavy atom. The first-order valence-electron chi connectivity index (χ1n) is 4.20. The van der Waals surface area contributed by atoms with Gasteiger partial charge in [0.2, 0.25) is 0 Å². The highest BCUT2D eigenvalue weighted by molar-refractivity contribution is 5.64. The summed E-state index contributed by atoms with van der Waals surface area (Å²) >= 11 is 0. The van der Waals surface area contributed by atoms with Crippen LogP contribution < -0.4 is 0 Å². The molecule has 69 valence electrons. The van der Waals surface area contributed by atoms with Crippen molar-refractivity contribution >= 4 is 0 Å². The van der Waals surface area contributed by atoms with E-state index in [1.807, 2.05) is 0 Å². The number of hydrogen-bond acceptors (Lipinski definition) is 0. The van der Waals surface area contributed by atoms with E-state index in [0.29, 0.717) is 5.56 Å². The van der Waals surface area contributed by atoms with Crippen LogP contribution in [-0.4, -0.2) is 0 Å². The smallest absolute Gasteiger partial charge is 0.141 e. The predicted molar refractivity (Wildman–Crippen MR) is 50.6 cm³/mol. The minimum atomic E-state index is -0.656. The number of benzene rings is 2. The third-order valence-corrected chi connectivity index (χ3v) is 1.96. The topological polar surface area (TPSA) is 0 Å². The zero-order chi connectivity index (χ0) is 9.97. The molecule has 0 heterocycles. The molecule has 0 fully saturated rings. The van der Waals surface area contributed by atoms with Crippen LogP contribution in [-0.2, 0) is 0 Å². The molecule has 2 rings (SSSR count). The van der Waals surface area contributed by atoms with Crippen molar-refractivity contribution in [1.29, 1.82) is 0 Å². The SMILES string of the molecule is Fc1[c]ccc(F)c1-c1ccccc1. The van der Waals surface area contributed by atoms with Crippen LogP contribution in [0.2, 0.25) is 0 Å². The monoisotopic (exact) mass is 189 g/mol. The zero-order valence-electron chi connectivity index (χ0n) is 7.30. The van der Waals surface area contributed by atoms with Gasteiger partial charge in [0.25, 0.3) is 0 Å². The molecule has 0 aliphatic heterocycles. The maximum absolute atomic E-state index is 13.3. The molecule has 1 radical (unpaired) electrons. The van der Waals surface area contributed by atoms with E-state index in [-0.39, 0.29) is 5.56 Å². The summed E-state index contributed by atoms with van der Waals surface area (Å²) in [5.74, 6) is -1.22. The summed E-state index contributed by atoms with van der Waals surface area (Å²) in [5.41, 5.74) is 0.507. The molecule has 14 heavy (non-hydrogen) atoms. The van der Waals surface area contributed by atoms with Gasteiger partial charge >= 0.3 is 0 Å². The maximum atomic E-state index is 13.3. The third-order valence-electron chi connectivity index (χ3n) is 1.96. The van der Waals surface area contributed by atoms with E-state index in [1.165, 1.54) is 12.1 Å². The predicted octanol–water partition coefficient (Wildman–Crippen LogP) is 3.43. The quantitative estimate of drug-likeness (QED) is 0.644. The van der Waals surface area contributed by atoms with Crippen molar-refractivity contribution < 1.29 is 8.78 Å².